The first kappa shape index (κ1) is 7.80. The summed E-state index contributed by atoms with van der Waals surface area (Å²) in [5.41, 5.74) is 0. The standard InChI is InChI=1S/C9H14N2O/c12-9(7-5-10-6-7)11-8-3-1-2-4-8/h1-2,7-8,10H,3-6H2,(H,11,12). The van der Waals surface area contributed by atoms with Crippen LogP contribution in [-0.2, 0) is 4.79 Å². The average Bonchev–Trinajstić information content (AvgIpc) is 2.34. The Morgan fingerprint density at radius 3 is 2.50 bits per heavy atom. The highest BCUT2D eigenvalue weighted by atomic mass is 16.2. The Hall–Kier alpha value is -0.830. The highest BCUT2D eigenvalue weighted by molar-refractivity contribution is 5.80. The summed E-state index contributed by atoms with van der Waals surface area (Å²) in [6, 6.07) is 0.373. The van der Waals surface area contributed by atoms with Crippen LogP contribution in [0.5, 0.6) is 0 Å². The molecule has 1 amide bonds. The van der Waals surface area contributed by atoms with Crippen molar-refractivity contribution in [3.8, 4) is 0 Å². The van der Waals surface area contributed by atoms with Crippen molar-refractivity contribution < 1.29 is 4.79 Å². The molecule has 2 N–H and O–H groups in total. The SMILES string of the molecule is O=C(NC1CC=CC1)C1CNC1. The number of amides is 1. The van der Waals surface area contributed by atoms with E-state index in [2.05, 4.69) is 22.8 Å². The van der Waals surface area contributed by atoms with Crippen LogP contribution in [0.15, 0.2) is 12.2 Å². The van der Waals surface area contributed by atoms with Crippen molar-refractivity contribution >= 4 is 5.91 Å². The monoisotopic (exact) mass is 166 g/mol. The van der Waals surface area contributed by atoms with Crippen LogP contribution in [0.4, 0.5) is 0 Å². The molecule has 12 heavy (non-hydrogen) atoms. The van der Waals surface area contributed by atoms with Crippen LogP contribution >= 0.6 is 0 Å². The van der Waals surface area contributed by atoms with Crippen molar-refractivity contribution in [2.24, 2.45) is 5.92 Å². The maximum absolute atomic E-state index is 11.4. The summed E-state index contributed by atoms with van der Waals surface area (Å²) in [4.78, 5) is 11.4. The third kappa shape index (κ3) is 1.50. The van der Waals surface area contributed by atoms with E-state index >= 15 is 0 Å². The van der Waals surface area contributed by atoms with Gasteiger partial charge in [0.05, 0.1) is 5.92 Å². The first-order valence-corrected chi connectivity index (χ1v) is 4.52. The molecule has 0 radical (unpaired) electrons. The molecule has 1 aliphatic heterocycles. The Morgan fingerprint density at radius 1 is 1.33 bits per heavy atom. The lowest BCUT2D eigenvalue weighted by molar-refractivity contribution is -0.127. The zero-order chi connectivity index (χ0) is 8.39. The lowest BCUT2D eigenvalue weighted by Crippen LogP contribution is -2.52. The van der Waals surface area contributed by atoms with Gasteiger partial charge in [0.15, 0.2) is 0 Å². The minimum absolute atomic E-state index is 0.224. The van der Waals surface area contributed by atoms with Gasteiger partial charge in [-0.3, -0.25) is 4.79 Å². The molecule has 0 saturated carbocycles. The Bertz CT molecular complexity index is 201. The minimum Gasteiger partial charge on any atom is -0.352 e. The molecule has 3 nitrogen and oxygen atoms in total. The van der Waals surface area contributed by atoms with Gasteiger partial charge in [0.2, 0.25) is 5.91 Å². The summed E-state index contributed by atoms with van der Waals surface area (Å²) >= 11 is 0. The molecule has 66 valence electrons. The minimum atomic E-state index is 0.224. The number of hydrogen-bond donors (Lipinski definition) is 2. The van der Waals surface area contributed by atoms with E-state index in [1.807, 2.05) is 0 Å². The summed E-state index contributed by atoms with van der Waals surface area (Å²) in [7, 11) is 0. The zero-order valence-corrected chi connectivity index (χ0v) is 7.05. The Balaban J connectivity index is 1.74. The second kappa shape index (κ2) is 3.27. The maximum atomic E-state index is 11.4. The summed E-state index contributed by atoms with van der Waals surface area (Å²) in [5, 5.41) is 6.13. The molecule has 0 atom stereocenters. The Kier molecular flexibility index (Phi) is 2.13. The van der Waals surface area contributed by atoms with Crippen molar-refractivity contribution in [2.75, 3.05) is 13.1 Å². The van der Waals surface area contributed by atoms with Gasteiger partial charge in [-0.05, 0) is 12.8 Å². The van der Waals surface area contributed by atoms with Crippen molar-refractivity contribution in [3.63, 3.8) is 0 Å². The van der Waals surface area contributed by atoms with E-state index in [0.29, 0.717) is 6.04 Å². The number of carbonyl (C=O) groups excluding carboxylic acids is 1. The molecule has 0 aromatic heterocycles. The molecular weight excluding hydrogens is 152 g/mol. The number of hydrogen-bond acceptors (Lipinski definition) is 2. The second-order valence-electron chi connectivity index (χ2n) is 3.50. The van der Waals surface area contributed by atoms with Crippen molar-refractivity contribution in [1.82, 2.24) is 10.6 Å². The maximum Gasteiger partial charge on any atom is 0.225 e. The molecule has 0 aromatic rings. The van der Waals surface area contributed by atoms with Gasteiger partial charge >= 0.3 is 0 Å². The fourth-order valence-electron chi connectivity index (χ4n) is 1.53. The number of rotatable bonds is 2. The molecular formula is C9H14N2O. The van der Waals surface area contributed by atoms with Gasteiger partial charge in [0, 0.05) is 19.1 Å². The molecule has 1 fully saturated rings. The summed E-state index contributed by atoms with van der Waals surface area (Å²) in [5.74, 6) is 0.452. The predicted molar refractivity (Wildman–Crippen MR) is 46.7 cm³/mol. The van der Waals surface area contributed by atoms with Crippen LogP contribution in [-0.4, -0.2) is 25.0 Å². The smallest absolute Gasteiger partial charge is 0.225 e. The Labute approximate surface area is 72.2 Å². The topological polar surface area (TPSA) is 41.1 Å². The van der Waals surface area contributed by atoms with E-state index in [4.69, 9.17) is 0 Å². The van der Waals surface area contributed by atoms with Gasteiger partial charge in [-0.25, -0.2) is 0 Å². The van der Waals surface area contributed by atoms with Crippen LogP contribution in [0, 0.1) is 5.92 Å². The van der Waals surface area contributed by atoms with Gasteiger partial charge in [-0.15, -0.1) is 0 Å². The molecule has 0 aromatic carbocycles. The lowest BCUT2D eigenvalue weighted by atomic mass is 10.0. The quantitative estimate of drug-likeness (QED) is 0.569. The van der Waals surface area contributed by atoms with Crippen LogP contribution < -0.4 is 10.6 Å². The summed E-state index contributed by atoms with van der Waals surface area (Å²) in [6.07, 6.45) is 6.27. The van der Waals surface area contributed by atoms with Crippen LogP contribution in [0.2, 0.25) is 0 Å². The molecule has 1 saturated heterocycles. The highest BCUT2D eigenvalue weighted by Crippen LogP contribution is 2.11. The van der Waals surface area contributed by atoms with Crippen LogP contribution in [0.1, 0.15) is 12.8 Å². The van der Waals surface area contributed by atoms with Gasteiger partial charge in [0.25, 0.3) is 0 Å². The van der Waals surface area contributed by atoms with E-state index in [-0.39, 0.29) is 11.8 Å². The number of carbonyl (C=O) groups is 1. The van der Waals surface area contributed by atoms with Crippen molar-refractivity contribution in [2.45, 2.75) is 18.9 Å². The lowest BCUT2D eigenvalue weighted by Gasteiger charge is -2.27. The summed E-state index contributed by atoms with van der Waals surface area (Å²) < 4.78 is 0. The zero-order valence-electron chi connectivity index (χ0n) is 7.05. The Morgan fingerprint density at radius 2 is 2.00 bits per heavy atom. The van der Waals surface area contributed by atoms with Crippen LogP contribution in [0.3, 0.4) is 0 Å². The summed E-state index contributed by atoms with van der Waals surface area (Å²) in [6.45, 7) is 1.71. The predicted octanol–water partition coefficient (Wildman–Crippen LogP) is 0.0406. The van der Waals surface area contributed by atoms with Gasteiger partial charge < -0.3 is 10.6 Å². The molecule has 2 aliphatic rings. The van der Waals surface area contributed by atoms with E-state index in [1.165, 1.54) is 0 Å². The van der Waals surface area contributed by atoms with E-state index in [0.717, 1.165) is 25.9 Å². The molecule has 0 spiro atoms. The molecule has 0 bridgehead atoms. The molecule has 3 heteroatoms. The van der Waals surface area contributed by atoms with Crippen molar-refractivity contribution in [1.29, 1.82) is 0 Å². The normalized spacial score (nSPS) is 24.0. The third-order valence-corrected chi connectivity index (χ3v) is 2.51. The highest BCUT2D eigenvalue weighted by Gasteiger charge is 2.26. The van der Waals surface area contributed by atoms with E-state index < -0.39 is 0 Å². The molecule has 1 heterocycles. The number of nitrogens with one attached hydrogen (secondary N) is 2. The molecule has 1 aliphatic carbocycles. The first-order valence-electron chi connectivity index (χ1n) is 4.52. The van der Waals surface area contributed by atoms with Gasteiger partial charge in [-0.2, -0.15) is 0 Å². The van der Waals surface area contributed by atoms with Crippen LogP contribution in [0.25, 0.3) is 0 Å². The first-order chi connectivity index (χ1) is 5.86. The largest absolute Gasteiger partial charge is 0.352 e. The molecule has 2 rings (SSSR count). The third-order valence-electron chi connectivity index (χ3n) is 2.51. The second-order valence-corrected chi connectivity index (χ2v) is 3.50. The average molecular weight is 166 g/mol. The van der Waals surface area contributed by atoms with Crippen molar-refractivity contribution in [3.05, 3.63) is 12.2 Å². The fraction of sp³-hybridized carbons (Fsp3) is 0.667. The van der Waals surface area contributed by atoms with Gasteiger partial charge in [0.1, 0.15) is 0 Å². The van der Waals surface area contributed by atoms with E-state index in [9.17, 15) is 4.79 Å². The van der Waals surface area contributed by atoms with E-state index in [1.54, 1.807) is 0 Å². The van der Waals surface area contributed by atoms with Gasteiger partial charge in [-0.1, -0.05) is 12.2 Å². The molecule has 0 unspecified atom stereocenters. The fourth-order valence-corrected chi connectivity index (χ4v) is 1.53.